The molecule has 0 amide bonds. The van der Waals surface area contributed by atoms with Gasteiger partial charge in [-0.3, -0.25) is 0 Å². The first-order chi connectivity index (χ1) is 9.81. The summed E-state index contributed by atoms with van der Waals surface area (Å²) < 4.78 is 43.7. The van der Waals surface area contributed by atoms with Crippen LogP contribution in [-0.4, -0.2) is 43.5 Å². The van der Waals surface area contributed by atoms with Crippen molar-refractivity contribution < 1.29 is 23.0 Å². The smallest absolute Gasteiger partial charge is 0.395 e. The average Bonchev–Trinajstić information content (AvgIpc) is 2.41. The van der Waals surface area contributed by atoms with Crippen LogP contribution in [0.3, 0.4) is 0 Å². The minimum atomic E-state index is -4.52. The third-order valence-corrected chi connectivity index (χ3v) is 3.09. The highest BCUT2D eigenvalue weighted by molar-refractivity contribution is 7.80. The van der Waals surface area contributed by atoms with E-state index < -0.39 is 11.7 Å². The molecule has 1 aromatic carbocycles. The molecule has 0 fully saturated rings. The van der Waals surface area contributed by atoms with Crippen molar-refractivity contribution in [2.24, 2.45) is 5.73 Å². The number of halogens is 3. The van der Waals surface area contributed by atoms with Crippen molar-refractivity contribution >= 4 is 22.9 Å². The molecule has 0 saturated heterocycles. The van der Waals surface area contributed by atoms with E-state index in [1.807, 2.05) is 0 Å². The van der Waals surface area contributed by atoms with E-state index in [4.69, 9.17) is 27.8 Å². The molecule has 0 aliphatic heterocycles. The number of aliphatic hydroxyl groups is 1. The first-order valence-electron chi connectivity index (χ1n) is 6.17. The molecule has 0 aliphatic rings. The molecule has 0 spiro atoms. The lowest BCUT2D eigenvalue weighted by molar-refractivity contribution is -0.137. The lowest BCUT2D eigenvalue weighted by Gasteiger charge is -2.25. The molecule has 4 nitrogen and oxygen atoms in total. The molecule has 118 valence electrons. The highest BCUT2D eigenvalue weighted by Crippen LogP contribution is 2.34. The van der Waals surface area contributed by atoms with Crippen LogP contribution in [0.4, 0.5) is 18.9 Å². The first-order valence-corrected chi connectivity index (χ1v) is 6.58. The van der Waals surface area contributed by atoms with Gasteiger partial charge in [-0.1, -0.05) is 12.2 Å². The molecule has 0 bridgehead atoms. The van der Waals surface area contributed by atoms with E-state index in [9.17, 15) is 13.2 Å². The fourth-order valence-corrected chi connectivity index (χ4v) is 2.04. The zero-order valence-corrected chi connectivity index (χ0v) is 12.3. The molecule has 3 N–H and O–H groups in total. The van der Waals surface area contributed by atoms with Crippen molar-refractivity contribution in [3.8, 4) is 0 Å². The largest absolute Gasteiger partial charge is 0.417 e. The molecular weight excluding hydrogens is 305 g/mol. The molecule has 1 aromatic rings. The van der Waals surface area contributed by atoms with Gasteiger partial charge in [0.25, 0.3) is 0 Å². The quantitative estimate of drug-likeness (QED) is 0.750. The predicted octanol–water partition coefficient (Wildman–Crippen LogP) is 1.78. The van der Waals surface area contributed by atoms with Crippen molar-refractivity contribution in [2.45, 2.75) is 6.18 Å². The van der Waals surface area contributed by atoms with E-state index in [-0.39, 0.29) is 23.7 Å². The predicted molar refractivity (Wildman–Crippen MR) is 78.5 cm³/mol. The second-order valence-electron chi connectivity index (χ2n) is 4.30. The summed E-state index contributed by atoms with van der Waals surface area (Å²) >= 11 is 4.70. The van der Waals surface area contributed by atoms with Gasteiger partial charge in [0.05, 0.1) is 18.8 Å². The molecule has 0 unspecified atom stereocenters. The molecule has 8 heteroatoms. The maximum atomic E-state index is 12.9. The topological polar surface area (TPSA) is 58.7 Å². The summed E-state index contributed by atoms with van der Waals surface area (Å²) in [5.41, 5.74) is 4.80. The molecule has 0 aromatic heterocycles. The Kier molecular flexibility index (Phi) is 6.38. The van der Waals surface area contributed by atoms with Crippen molar-refractivity contribution in [1.82, 2.24) is 0 Å². The Morgan fingerprint density at radius 1 is 1.38 bits per heavy atom. The van der Waals surface area contributed by atoms with Crippen LogP contribution >= 0.6 is 12.2 Å². The average molecular weight is 322 g/mol. The van der Waals surface area contributed by atoms with Crippen LogP contribution in [0.2, 0.25) is 0 Å². The summed E-state index contributed by atoms with van der Waals surface area (Å²) in [5, 5.41) is 9.05. The summed E-state index contributed by atoms with van der Waals surface area (Å²) in [6.45, 7) is 0.946. The van der Waals surface area contributed by atoms with Gasteiger partial charge in [-0.05, 0) is 18.2 Å². The Morgan fingerprint density at radius 3 is 2.52 bits per heavy atom. The lowest BCUT2D eigenvalue weighted by atomic mass is 10.1. The number of hydrogen-bond acceptors (Lipinski definition) is 4. The van der Waals surface area contributed by atoms with E-state index in [2.05, 4.69) is 0 Å². The Bertz CT molecular complexity index is 495. The molecule has 0 saturated carbocycles. The van der Waals surface area contributed by atoms with Crippen LogP contribution in [0.15, 0.2) is 18.2 Å². The number of nitrogens with two attached hydrogens (primary N) is 1. The number of alkyl halides is 3. The maximum Gasteiger partial charge on any atom is 0.417 e. The molecular formula is C13H17F3N2O2S. The third-order valence-electron chi connectivity index (χ3n) is 2.87. The zero-order valence-electron chi connectivity index (χ0n) is 11.5. The van der Waals surface area contributed by atoms with Crippen LogP contribution < -0.4 is 10.6 Å². The monoisotopic (exact) mass is 322 g/mol. The number of anilines is 1. The maximum absolute atomic E-state index is 12.9. The van der Waals surface area contributed by atoms with Gasteiger partial charge in [0, 0.05) is 31.5 Å². The van der Waals surface area contributed by atoms with Gasteiger partial charge < -0.3 is 20.5 Å². The second-order valence-corrected chi connectivity index (χ2v) is 4.74. The Morgan fingerprint density at radius 2 is 2.05 bits per heavy atom. The second kappa shape index (κ2) is 7.58. The molecule has 1 rings (SSSR count). The van der Waals surface area contributed by atoms with Crippen LogP contribution in [0, 0.1) is 0 Å². The Balaban J connectivity index is 3.19. The SMILES string of the molecule is COCCN(CCO)c1ccc(C(F)(F)F)c(C(N)=S)c1. The number of benzene rings is 1. The Hall–Kier alpha value is -1.38. The van der Waals surface area contributed by atoms with Gasteiger partial charge in [-0.15, -0.1) is 0 Å². The van der Waals surface area contributed by atoms with Crippen LogP contribution in [0.5, 0.6) is 0 Å². The zero-order chi connectivity index (χ0) is 16.0. The summed E-state index contributed by atoms with van der Waals surface area (Å²) in [7, 11) is 1.52. The number of aliphatic hydroxyl groups excluding tert-OH is 1. The van der Waals surface area contributed by atoms with Crippen molar-refractivity contribution in [3.63, 3.8) is 0 Å². The first kappa shape index (κ1) is 17.7. The van der Waals surface area contributed by atoms with Crippen molar-refractivity contribution in [2.75, 3.05) is 38.3 Å². The van der Waals surface area contributed by atoms with E-state index in [1.54, 1.807) is 4.90 Å². The summed E-state index contributed by atoms with van der Waals surface area (Å²) in [6.07, 6.45) is -4.52. The molecule has 21 heavy (non-hydrogen) atoms. The number of rotatable bonds is 7. The van der Waals surface area contributed by atoms with Gasteiger partial charge in [0.2, 0.25) is 0 Å². The summed E-state index contributed by atoms with van der Waals surface area (Å²) in [5.74, 6) is 0. The molecule has 0 heterocycles. The highest BCUT2D eigenvalue weighted by atomic mass is 32.1. The number of hydrogen-bond donors (Lipinski definition) is 2. The Labute approximate surface area is 126 Å². The summed E-state index contributed by atoms with van der Waals surface area (Å²) in [6, 6.07) is 3.56. The van der Waals surface area contributed by atoms with Gasteiger partial charge in [0.15, 0.2) is 0 Å². The van der Waals surface area contributed by atoms with Crippen molar-refractivity contribution in [3.05, 3.63) is 29.3 Å². The fraction of sp³-hybridized carbons (Fsp3) is 0.462. The van der Waals surface area contributed by atoms with Crippen LogP contribution in [0.1, 0.15) is 11.1 Å². The number of nitrogens with zero attached hydrogens (tertiary/aromatic N) is 1. The number of methoxy groups -OCH3 is 1. The van der Waals surface area contributed by atoms with Crippen LogP contribution in [0.25, 0.3) is 0 Å². The molecule has 0 aliphatic carbocycles. The minimum absolute atomic E-state index is 0.132. The summed E-state index contributed by atoms with van der Waals surface area (Å²) in [4.78, 5) is 1.38. The molecule has 0 radical (unpaired) electrons. The lowest BCUT2D eigenvalue weighted by Crippen LogP contribution is -2.30. The van der Waals surface area contributed by atoms with Crippen molar-refractivity contribution in [1.29, 1.82) is 0 Å². The number of ether oxygens (including phenoxy) is 1. The van der Waals surface area contributed by atoms with Gasteiger partial charge >= 0.3 is 6.18 Å². The standard InChI is InChI=1S/C13H17F3N2O2S/c1-20-7-5-18(4-6-19)9-2-3-11(13(14,15)16)10(8-9)12(17)21/h2-3,8,19H,4-7H2,1H3,(H2,17,21). The normalized spacial score (nSPS) is 11.5. The minimum Gasteiger partial charge on any atom is -0.395 e. The van der Waals surface area contributed by atoms with E-state index in [0.29, 0.717) is 18.8 Å². The number of thiocarbonyl (C=S) groups is 1. The van der Waals surface area contributed by atoms with Gasteiger partial charge in [-0.25, -0.2) is 0 Å². The van der Waals surface area contributed by atoms with Crippen LogP contribution in [-0.2, 0) is 10.9 Å². The van der Waals surface area contributed by atoms with Gasteiger partial charge in [-0.2, -0.15) is 13.2 Å². The highest BCUT2D eigenvalue weighted by Gasteiger charge is 2.34. The third kappa shape index (κ3) is 4.83. The van der Waals surface area contributed by atoms with E-state index in [0.717, 1.165) is 6.07 Å². The van der Waals surface area contributed by atoms with E-state index >= 15 is 0 Å². The van der Waals surface area contributed by atoms with E-state index in [1.165, 1.54) is 19.2 Å². The molecule has 0 atom stereocenters. The fourth-order valence-electron chi connectivity index (χ4n) is 1.87. The van der Waals surface area contributed by atoms with Gasteiger partial charge in [0.1, 0.15) is 4.99 Å².